The van der Waals surface area contributed by atoms with Gasteiger partial charge in [0.25, 0.3) is 5.56 Å². The highest BCUT2D eigenvalue weighted by atomic mass is 32.1. The second-order valence-corrected chi connectivity index (χ2v) is 9.46. The summed E-state index contributed by atoms with van der Waals surface area (Å²) in [5.74, 6) is 3.40. The SMILES string of the molecule is C#Cc1cccc2nc(Cn3nc(-c4cccc(O)c4)c4c(N)ncnc43)n(Cc3ccc(S)cc3)c(=O)c12. The molecule has 39 heavy (non-hydrogen) atoms. The molecule has 6 rings (SSSR count). The smallest absolute Gasteiger partial charge is 0.263 e. The molecule has 0 bridgehead atoms. The Morgan fingerprint density at radius 3 is 2.56 bits per heavy atom. The van der Waals surface area contributed by atoms with Crippen LogP contribution in [0.15, 0.2) is 82.7 Å². The Morgan fingerprint density at radius 1 is 1.00 bits per heavy atom. The van der Waals surface area contributed by atoms with E-state index in [4.69, 9.17) is 22.2 Å². The van der Waals surface area contributed by atoms with Gasteiger partial charge >= 0.3 is 0 Å². The molecule has 10 heteroatoms. The Balaban J connectivity index is 1.57. The zero-order valence-electron chi connectivity index (χ0n) is 20.5. The average molecular weight is 532 g/mol. The van der Waals surface area contributed by atoms with Gasteiger partial charge in [0, 0.05) is 16.0 Å². The molecule has 9 nitrogen and oxygen atoms in total. The van der Waals surface area contributed by atoms with Crippen molar-refractivity contribution >= 4 is 40.4 Å². The van der Waals surface area contributed by atoms with Gasteiger partial charge in [-0.2, -0.15) is 5.10 Å². The molecule has 190 valence electrons. The largest absolute Gasteiger partial charge is 0.508 e. The Morgan fingerprint density at radius 2 is 1.79 bits per heavy atom. The maximum absolute atomic E-state index is 13.9. The minimum atomic E-state index is -0.252. The van der Waals surface area contributed by atoms with Gasteiger partial charge in [0.15, 0.2) is 5.65 Å². The van der Waals surface area contributed by atoms with Crippen LogP contribution in [-0.2, 0) is 13.1 Å². The summed E-state index contributed by atoms with van der Waals surface area (Å²) in [5.41, 5.74) is 9.49. The molecule has 3 aromatic heterocycles. The summed E-state index contributed by atoms with van der Waals surface area (Å²) in [6, 6.07) is 19.5. The number of fused-ring (bicyclic) bond motifs is 2. The van der Waals surface area contributed by atoms with E-state index in [2.05, 4.69) is 28.5 Å². The highest BCUT2D eigenvalue weighted by Crippen LogP contribution is 2.32. The maximum Gasteiger partial charge on any atom is 0.263 e. The third-order valence-corrected chi connectivity index (χ3v) is 6.76. The lowest BCUT2D eigenvalue weighted by Gasteiger charge is -2.15. The number of aromatic nitrogens is 6. The molecule has 0 amide bonds. The van der Waals surface area contributed by atoms with E-state index in [9.17, 15) is 9.90 Å². The molecule has 3 heterocycles. The van der Waals surface area contributed by atoms with E-state index in [-0.39, 0.29) is 30.2 Å². The van der Waals surface area contributed by atoms with Crippen LogP contribution in [0.5, 0.6) is 5.75 Å². The third-order valence-electron chi connectivity index (χ3n) is 6.46. The fourth-order valence-electron chi connectivity index (χ4n) is 4.63. The van der Waals surface area contributed by atoms with E-state index in [0.717, 1.165) is 10.5 Å². The van der Waals surface area contributed by atoms with Gasteiger partial charge in [0.1, 0.15) is 36.0 Å². The Kier molecular flexibility index (Phi) is 5.98. The second kappa shape index (κ2) is 9.63. The van der Waals surface area contributed by atoms with E-state index in [1.54, 1.807) is 45.6 Å². The molecule has 0 aliphatic rings. The zero-order chi connectivity index (χ0) is 27.1. The van der Waals surface area contributed by atoms with Crippen molar-refractivity contribution in [1.82, 2.24) is 29.3 Å². The van der Waals surface area contributed by atoms with Gasteiger partial charge in [0.05, 0.1) is 22.8 Å². The summed E-state index contributed by atoms with van der Waals surface area (Å²) in [6.07, 6.45) is 7.08. The van der Waals surface area contributed by atoms with Crippen molar-refractivity contribution in [2.75, 3.05) is 5.73 Å². The van der Waals surface area contributed by atoms with Crippen LogP contribution in [-0.4, -0.2) is 34.4 Å². The quantitative estimate of drug-likeness (QED) is 0.228. The minimum Gasteiger partial charge on any atom is -0.508 e. The Labute approximate surface area is 228 Å². The number of nitrogen functional groups attached to an aromatic ring is 1. The number of nitrogens with two attached hydrogens (primary N) is 1. The molecule has 0 saturated heterocycles. The first kappa shape index (κ1) is 24.2. The lowest BCUT2D eigenvalue weighted by atomic mass is 10.1. The van der Waals surface area contributed by atoms with E-state index in [1.165, 1.54) is 6.33 Å². The van der Waals surface area contributed by atoms with Crippen LogP contribution in [0.2, 0.25) is 0 Å². The number of terminal acetylenes is 1. The fraction of sp³-hybridized carbons (Fsp3) is 0.0690. The van der Waals surface area contributed by atoms with Crippen LogP contribution in [0.1, 0.15) is 17.0 Å². The standard InChI is InChI=1S/C29H21N7O2S/c1-2-18-5-4-8-22-24(18)29(38)35(14-17-9-11-21(39)12-10-17)23(33-22)15-36-28-25(27(30)31-16-32-28)26(34-36)19-6-3-7-20(37)13-19/h1,3-13,16,37,39H,14-15H2,(H2,30,31,32). The molecule has 0 unspecified atom stereocenters. The average Bonchev–Trinajstić information content (AvgIpc) is 3.31. The molecule has 0 fully saturated rings. The van der Waals surface area contributed by atoms with Crippen molar-refractivity contribution in [2.24, 2.45) is 0 Å². The van der Waals surface area contributed by atoms with Gasteiger partial charge in [-0.05, 0) is 42.0 Å². The monoisotopic (exact) mass is 531 g/mol. The fourth-order valence-corrected chi connectivity index (χ4v) is 4.78. The van der Waals surface area contributed by atoms with Crippen LogP contribution < -0.4 is 11.3 Å². The van der Waals surface area contributed by atoms with Crippen molar-refractivity contribution < 1.29 is 5.11 Å². The molecule has 0 aliphatic carbocycles. The normalized spacial score (nSPS) is 11.2. The molecule has 6 aromatic rings. The van der Waals surface area contributed by atoms with Crippen LogP contribution >= 0.6 is 12.6 Å². The van der Waals surface area contributed by atoms with Crippen LogP contribution in [0.25, 0.3) is 33.2 Å². The van der Waals surface area contributed by atoms with Crippen LogP contribution in [0, 0.1) is 12.3 Å². The summed E-state index contributed by atoms with van der Waals surface area (Å²) in [5, 5.41) is 15.8. The van der Waals surface area contributed by atoms with Crippen molar-refractivity contribution in [2.45, 2.75) is 18.0 Å². The van der Waals surface area contributed by atoms with E-state index < -0.39 is 0 Å². The Hall–Kier alpha value is -5.14. The minimum absolute atomic E-state index is 0.0900. The zero-order valence-corrected chi connectivity index (χ0v) is 21.4. The van der Waals surface area contributed by atoms with Crippen molar-refractivity contribution in [1.29, 1.82) is 0 Å². The van der Waals surface area contributed by atoms with E-state index in [1.807, 2.05) is 30.3 Å². The van der Waals surface area contributed by atoms with Crippen LogP contribution in [0.4, 0.5) is 5.82 Å². The number of thiol groups is 1. The lowest BCUT2D eigenvalue weighted by Crippen LogP contribution is -2.28. The number of phenols is 1. The molecular formula is C29H21N7O2S. The van der Waals surface area contributed by atoms with Crippen molar-refractivity contribution in [3.8, 4) is 29.4 Å². The summed E-state index contributed by atoms with van der Waals surface area (Å²) in [6.45, 7) is 0.377. The van der Waals surface area contributed by atoms with Crippen LogP contribution in [0.3, 0.4) is 0 Å². The molecule has 0 aliphatic heterocycles. The predicted molar refractivity (Wildman–Crippen MR) is 153 cm³/mol. The molecule has 0 saturated carbocycles. The summed E-state index contributed by atoms with van der Waals surface area (Å²) < 4.78 is 3.24. The first-order valence-electron chi connectivity index (χ1n) is 12.0. The van der Waals surface area contributed by atoms with E-state index >= 15 is 0 Å². The summed E-state index contributed by atoms with van der Waals surface area (Å²) in [7, 11) is 0. The molecule has 0 spiro atoms. The number of rotatable bonds is 5. The molecule has 3 aromatic carbocycles. The molecule has 3 N–H and O–H groups in total. The Bertz CT molecular complexity index is 1990. The second-order valence-electron chi connectivity index (χ2n) is 8.94. The number of hydrogen-bond acceptors (Lipinski definition) is 8. The highest BCUT2D eigenvalue weighted by molar-refractivity contribution is 7.80. The lowest BCUT2D eigenvalue weighted by molar-refractivity contribution is 0.475. The number of benzene rings is 3. The van der Waals surface area contributed by atoms with Gasteiger partial charge in [-0.1, -0.05) is 36.3 Å². The number of nitrogens with zero attached hydrogens (tertiary/aromatic N) is 6. The number of phenolic OH excluding ortho intramolecular Hbond substituents is 1. The van der Waals surface area contributed by atoms with Crippen molar-refractivity contribution in [3.05, 3.63) is 100 Å². The summed E-state index contributed by atoms with van der Waals surface area (Å²) >= 11 is 4.37. The van der Waals surface area contributed by atoms with Gasteiger partial charge in [-0.15, -0.1) is 19.1 Å². The molecule has 0 radical (unpaired) electrons. The molecule has 0 atom stereocenters. The maximum atomic E-state index is 13.9. The van der Waals surface area contributed by atoms with Gasteiger partial charge in [0.2, 0.25) is 0 Å². The van der Waals surface area contributed by atoms with Gasteiger partial charge in [-0.3, -0.25) is 9.36 Å². The van der Waals surface area contributed by atoms with E-state index in [0.29, 0.717) is 44.6 Å². The van der Waals surface area contributed by atoms with Crippen molar-refractivity contribution in [3.63, 3.8) is 0 Å². The topological polar surface area (TPSA) is 125 Å². The number of aromatic hydroxyl groups is 1. The highest BCUT2D eigenvalue weighted by Gasteiger charge is 2.20. The first-order valence-corrected chi connectivity index (χ1v) is 12.4. The molecular weight excluding hydrogens is 510 g/mol. The summed E-state index contributed by atoms with van der Waals surface area (Å²) in [4.78, 5) is 28.1. The number of hydrogen-bond donors (Lipinski definition) is 3. The third kappa shape index (κ3) is 4.35. The first-order chi connectivity index (χ1) is 18.9. The number of anilines is 1. The predicted octanol–water partition coefficient (Wildman–Crippen LogP) is 3.86. The van der Waals surface area contributed by atoms with Gasteiger partial charge in [-0.25, -0.2) is 19.6 Å². The van der Waals surface area contributed by atoms with Gasteiger partial charge < -0.3 is 10.8 Å².